The average Bonchev–Trinajstić information content (AvgIpc) is 2.44. The number of ether oxygens (including phenoxy) is 1. The van der Waals surface area contributed by atoms with E-state index in [-0.39, 0.29) is 6.03 Å². The van der Waals surface area contributed by atoms with Crippen LogP contribution in [0.1, 0.15) is 31.4 Å². The first-order valence-corrected chi connectivity index (χ1v) is 7.62. The molecule has 0 aliphatic carbocycles. The van der Waals surface area contributed by atoms with E-state index in [4.69, 9.17) is 4.74 Å². The Bertz CT molecular complexity index is 433. The SMILES string of the molecule is Cc1ccccc1CN(C)C(=O)NCCCOCC(C)C. The molecular weight excluding hydrogens is 264 g/mol. The van der Waals surface area contributed by atoms with Crippen LogP contribution in [0.15, 0.2) is 24.3 Å². The van der Waals surface area contributed by atoms with Crippen molar-refractivity contribution in [3.05, 3.63) is 35.4 Å². The van der Waals surface area contributed by atoms with E-state index in [1.165, 1.54) is 11.1 Å². The zero-order valence-corrected chi connectivity index (χ0v) is 13.7. The monoisotopic (exact) mass is 292 g/mol. The molecule has 0 saturated heterocycles. The third-order valence-electron chi connectivity index (χ3n) is 3.21. The minimum atomic E-state index is -0.0397. The number of benzene rings is 1. The molecule has 0 heterocycles. The van der Waals surface area contributed by atoms with Gasteiger partial charge < -0.3 is 15.0 Å². The number of hydrogen-bond acceptors (Lipinski definition) is 2. The minimum absolute atomic E-state index is 0.0397. The van der Waals surface area contributed by atoms with Crippen molar-refractivity contribution in [1.82, 2.24) is 10.2 Å². The van der Waals surface area contributed by atoms with Gasteiger partial charge in [-0.1, -0.05) is 38.1 Å². The van der Waals surface area contributed by atoms with Gasteiger partial charge in [-0.25, -0.2) is 4.79 Å². The van der Waals surface area contributed by atoms with Crippen LogP contribution in [0.5, 0.6) is 0 Å². The van der Waals surface area contributed by atoms with Crippen molar-refractivity contribution in [2.24, 2.45) is 5.92 Å². The molecule has 0 unspecified atom stereocenters. The van der Waals surface area contributed by atoms with Crippen LogP contribution in [0.4, 0.5) is 4.79 Å². The molecule has 2 amide bonds. The highest BCUT2D eigenvalue weighted by Gasteiger charge is 2.09. The lowest BCUT2D eigenvalue weighted by molar-refractivity contribution is 0.108. The van der Waals surface area contributed by atoms with Gasteiger partial charge in [-0.2, -0.15) is 0 Å². The van der Waals surface area contributed by atoms with Gasteiger partial charge in [-0.05, 0) is 30.4 Å². The third kappa shape index (κ3) is 7.14. The number of amides is 2. The Kier molecular flexibility index (Phi) is 7.83. The van der Waals surface area contributed by atoms with Crippen LogP contribution >= 0.6 is 0 Å². The summed E-state index contributed by atoms with van der Waals surface area (Å²) in [5.41, 5.74) is 2.38. The highest BCUT2D eigenvalue weighted by atomic mass is 16.5. The first-order valence-electron chi connectivity index (χ1n) is 7.62. The Morgan fingerprint density at radius 2 is 2.05 bits per heavy atom. The van der Waals surface area contributed by atoms with Gasteiger partial charge in [0.05, 0.1) is 0 Å². The highest BCUT2D eigenvalue weighted by Crippen LogP contribution is 2.09. The molecule has 0 fully saturated rings. The molecule has 1 rings (SSSR count). The predicted octanol–water partition coefficient (Wildman–Crippen LogP) is 3.20. The van der Waals surface area contributed by atoms with Crippen molar-refractivity contribution >= 4 is 6.03 Å². The maximum absolute atomic E-state index is 12.0. The molecule has 0 radical (unpaired) electrons. The fourth-order valence-electron chi connectivity index (χ4n) is 1.94. The summed E-state index contributed by atoms with van der Waals surface area (Å²) in [6.45, 7) is 9.07. The summed E-state index contributed by atoms with van der Waals surface area (Å²) >= 11 is 0. The molecule has 0 aliphatic rings. The molecule has 21 heavy (non-hydrogen) atoms. The van der Waals surface area contributed by atoms with E-state index in [0.29, 0.717) is 25.6 Å². The quantitative estimate of drug-likeness (QED) is 0.748. The molecule has 0 aromatic heterocycles. The van der Waals surface area contributed by atoms with Gasteiger partial charge in [0.1, 0.15) is 0 Å². The molecule has 0 aliphatic heterocycles. The Balaban J connectivity index is 2.21. The maximum atomic E-state index is 12.0. The zero-order valence-electron chi connectivity index (χ0n) is 13.7. The molecule has 0 spiro atoms. The number of aryl methyl sites for hydroxylation is 1. The molecule has 0 bridgehead atoms. The van der Waals surface area contributed by atoms with Crippen LogP contribution in [-0.4, -0.2) is 37.7 Å². The Morgan fingerprint density at radius 3 is 2.71 bits per heavy atom. The highest BCUT2D eigenvalue weighted by molar-refractivity contribution is 5.73. The Hall–Kier alpha value is -1.55. The molecular formula is C17H28N2O2. The fourth-order valence-corrected chi connectivity index (χ4v) is 1.94. The van der Waals surface area contributed by atoms with Crippen LogP contribution < -0.4 is 5.32 Å². The van der Waals surface area contributed by atoms with Crippen molar-refractivity contribution in [1.29, 1.82) is 0 Å². The first kappa shape index (κ1) is 17.5. The van der Waals surface area contributed by atoms with E-state index in [1.54, 1.807) is 4.90 Å². The lowest BCUT2D eigenvalue weighted by atomic mass is 10.1. The Labute approximate surface area is 128 Å². The molecule has 0 saturated carbocycles. The molecule has 1 aromatic carbocycles. The topological polar surface area (TPSA) is 41.6 Å². The largest absolute Gasteiger partial charge is 0.381 e. The molecule has 4 nitrogen and oxygen atoms in total. The number of nitrogens with zero attached hydrogens (tertiary/aromatic N) is 1. The van der Waals surface area contributed by atoms with Gasteiger partial charge in [-0.3, -0.25) is 0 Å². The zero-order chi connectivity index (χ0) is 15.7. The lowest BCUT2D eigenvalue weighted by Gasteiger charge is -2.19. The molecule has 1 N–H and O–H groups in total. The minimum Gasteiger partial charge on any atom is -0.381 e. The van der Waals surface area contributed by atoms with E-state index in [9.17, 15) is 4.79 Å². The van der Waals surface area contributed by atoms with Crippen LogP contribution in [0.25, 0.3) is 0 Å². The number of rotatable bonds is 8. The maximum Gasteiger partial charge on any atom is 0.317 e. The van der Waals surface area contributed by atoms with Gasteiger partial charge >= 0.3 is 6.03 Å². The average molecular weight is 292 g/mol. The molecule has 1 aromatic rings. The van der Waals surface area contributed by atoms with Crippen molar-refractivity contribution < 1.29 is 9.53 Å². The summed E-state index contributed by atoms with van der Waals surface area (Å²) in [5.74, 6) is 0.555. The summed E-state index contributed by atoms with van der Waals surface area (Å²) in [6, 6.07) is 8.09. The second kappa shape index (κ2) is 9.40. The fraction of sp³-hybridized carbons (Fsp3) is 0.588. The predicted molar refractivity (Wildman–Crippen MR) is 86.3 cm³/mol. The molecule has 118 valence electrons. The van der Waals surface area contributed by atoms with Crippen LogP contribution in [0.3, 0.4) is 0 Å². The van der Waals surface area contributed by atoms with E-state index in [1.807, 2.05) is 19.2 Å². The summed E-state index contributed by atoms with van der Waals surface area (Å²) in [4.78, 5) is 13.7. The van der Waals surface area contributed by atoms with Gasteiger partial charge in [0, 0.05) is 33.4 Å². The molecule has 4 heteroatoms. The summed E-state index contributed by atoms with van der Waals surface area (Å²) in [7, 11) is 1.82. The van der Waals surface area contributed by atoms with E-state index < -0.39 is 0 Å². The number of nitrogens with one attached hydrogen (secondary N) is 1. The summed E-state index contributed by atoms with van der Waals surface area (Å²) in [5, 5.41) is 2.92. The van der Waals surface area contributed by atoms with Crippen molar-refractivity contribution in [2.75, 3.05) is 26.8 Å². The van der Waals surface area contributed by atoms with Gasteiger partial charge in [0.15, 0.2) is 0 Å². The van der Waals surface area contributed by atoms with Gasteiger partial charge in [0.25, 0.3) is 0 Å². The number of urea groups is 1. The second-order valence-electron chi connectivity index (χ2n) is 5.84. The standard InChI is InChI=1S/C17H28N2O2/c1-14(2)13-21-11-7-10-18-17(20)19(4)12-16-9-6-5-8-15(16)3/h5-6,8-9,14H,7,10-13H2,1-4H3,(H,18,20). The Morgan fingerprint density at radius 1 is 1.33 bits per heavy atom. The van der Waals surface area contributed by atoms with Crippen LogP contribution in [0.2, 0.25) is 0 Å². The number of carbonyl (C=O) groups is 1. The summed E-state index contributed by atoms with van der Waals surface area (Å²) < 4.78 is 5.48. The van der Waals surface area contributed by atoms with E-state index in [2.05, 4.69) is 38.2 Å². The molecule has 0 atom stereocenters. The normalized spacial score (nSPS) is 10.7. The second-order valence-corrected chi connectivity index (χ2v) is 5.84. The van der Waals surface area contributed by atoms with Gasteiger partial charge in [0.2, 0.25) is 0 Å². The van der Waals surface area contributed by atoms with Crippen LogP contribution in [0, 0.1) is 12.8 Å². The smallest absolute Gasteiger partial charge is 0.317 e. The third-order valence-corrected chi connectivity index (χ3v) is 3.21. The first-order chi connectivity index (χ1) is 10.0. The number of carbonyl (C=O) groups excluding carboxylic acids is 1. The van der Waals surface area contributed by atoms with Crippen molar-refractivity contribution in [3.8, 4) is 0 Å². The van der Waals surface area contributed by atoms with E-state index >= 15 is 0 Å². The van der Waals surface area contributed by atoms with E-state index in [0.717, 1.165) is 13.0 Å². The van der Waals surface area contributed by atoms with Crippen molar-refractivity contribution in [3.63, 3.8) is 0 Å². The number of hydrogen-bond donors (Lipinski definition) is 1. The van der Waals surface area contributed by atoms with Crippen molar-refractivity contribution in [2.45, 2.75) is 33.7 Å². The van der Waals surface area contributed by atoms with Gasteiger partial charge in [-0.15, -0.1) is 0 Å². The summed E-state index contributed by atoms with van der Waals surface area (Å²) in [6.07, 6.45) is 0.844. The lowest BCUT2D eigenvalue weighted by Crippen LogP contribution is -2.37. The van der Waals surface area contributed by atoms with Crippen LogP contribution in [-0.2, 0) is 11.3 Å².